The number of primary amides is 1. The van der Waals surface area contributed by atoms with Crippen molar-refractivity contribution in [2.24, 2.45) is 5.73 Å². The molecule has 0 bridgehead atoms. The van der Waals surface area contributed by atoms with Crippen molar-refractivity contribution in [3.8, 4) is 11.5 Å². The van der Waals surface area contributed by atoms with Gasteiger partial charge < -0.3 is 10.5 Å². The van der Waals surface area contributed by atoms with Crippen LogP contribution in [0.2, 0.25) is 0 Å². The van der Waals surface area contributed by atoms with E-state index in [9.17, 15) is 14.4 Å². The highest BCUT2D eigenvalue weighted by molar-refractivity contribution is 5.71. The molecule has 5 nitrogen and oxygen atoms in total. The zero-order valence-corrected chi connectivity index (χ0v) is 12.5. The van der Waals surface area contributed by atoms with Gasteiger partial charge in [-0.15, -0.1) is 0 Å². The lowest BCUT2D eigenvalue weighted by Gasteiger charge is -2.16. The van der Waals surface area contributed by atoms with E-state index < -0.39 is 17.9 Å². The maximum Gasteiger partial charge on any atom is 0.339 e. The smallest absolute Gasteiger partial charge is 0.339 e. The number of carbonyl (C=O) groups is 1. The Balaban J connectivity index is 2.11. The van der Waals surface area contributed by atoms with Gasteiger partial charge in [-0.1, -0.05) is 36.4 Å². The number of hydroxylamine groups is 2. The number of nitrogens with zero attached hydrogens (tertiary/aromatic N) is 1. The number of rotatable bonds is 5. The summed E-state index contributed by atoms with van der Waals surface area (Å²) in [7, 11) is 0. The predicted octanol–water partition coefficient (Wildman–Crippen LogP) is 3.79. The zero-order chi connectivity index (χ0) is 16.8. The molecule has 2 aromatic carbocycles. The van der Waals surface area contributed by atoms with Crippen molar-refractivity contribution in [1.82, 2.24) is 5.06 Å². The number of ether oxygens (including phenoxy) is 1. The zero-order valence-electron chi connectivity index (χ0n) is 12.5. The summed E-state index contributed by atoms with van der Waals surface area (Å²) in [6.07, 6.45) is 3.30. The number of amides is 2. The fourth-order valence-corrected chi connectivity index (χ4v) is 1.87. The van der Waals surface area contributed by atoms with Crippen LogP contribution in [0.1, 0.15) is 12.5 Å². The third kappa shape index (κ3) is 4.55. The fraction of sp³-hybridized carbons (Fsp3) is 0.118. The topological polar surface area (TPSA) is 75.8 Å². The minimum atomic E-state index is -0.932. The molecular weight excluding hydrogens is 299 g/mol. The first-order valence-electron chi connectivity index (χ1n) is 6.95. The summed E-state index contributed by atoms with van der Waals surface area (Å²) < 4.78 is 19.1. The predicted molar refractivity (Wildman–Crippen MR) is 84.6 cm³/mol. The number of benzene rings is 2. The van der Waals surface area contributed by atoms with Gasteiger partial charge in [0.05, 0.1) is 6.04 Å². The molecule has 6 heteroatoms. The van der Waals surface area contributed by atoms with Gasteiger partial charge in [0.1, 0.15) is 5.75 Å². The number of hydrogen-bond donors (Lipinski definition) is 2. The van der Waals surface area contributed by atoms with Crippen LogP contribution in [0.25, 0.3) is 6.08 Å². The largest absolute Gasteiger partial charge is 0.454 e. The highest BCUT2D eigenvalue weighted by Crippen LogP contribution is 2.25. The van der Waals surface area contributed by atoms with Crippen LogP contribution in [0.4, 0.5) is 9.18 Å². The fourth-order valence-electron chi connectivity index (χ4n) is 1.87. The van der Waals surface area contributed by atoms with Gasteiger partial charge >= 0.3 is 6.03 Å². The van der Waals surface area contributed by atoms with Crippen LogP contribution in [0.15, 0.2) is 54.6 Å². The lowest BCUT2D eigenvalue weighted by atomic mass is 10.1. The van der Waals surface area contributed by atoms with Crippen molar-refractivity contribution in [1.29, 1.82) is 0 Å². The monoisotopic (exact) mass is 316 g/mol. The van der Waals surface area contributed by atoms with Crippen molar-refractivity contribution in [2.45, 2.75) is 13.0 Å². The molecule has 0 fully saturated rings. The molecule has 1 unspecified atom stereocenters. The van der Waals surface area contributed by atoms with Gasteiger partial charge in [-0.3, -0.25) is 5.21 Å². The van der Waals surface area contributed by atoms with E-state index in [1.807, 2.05) is 6.07 Å². The third-order valence-corrected chi connectivity index (χ3v) is 3.10. The molecule has 0 aliphatic carbocycles. The molecule has 0 aromatic heterocycles. The van der Waals surface area contributed by atoms with Gasteiger partial charge in [-0.25, -0.2) is 9.18 Å². The van der Waals surface area contributed by atoms with E-state index in [1.54, 1.807) is 49.4 Å². The number of nitrogens with two attached hydrogens (primary N) is 1. The quantitative estimate of drug-likeness (QED) is 0.651. The van der Waals surface area contributed by atoms with Crippen molar-refractivity contribution in [3.63, 3.8) is 0 Å². The van der Waals surface area contributed by atoms with E-state index in [0.717, 1.165) is 5.56 Å². The van der Waals surface area contributed by atoms with E-state index in [1.165, 1.54) is 12.1 Å². The molecular formula is C17H17FN2O3. The summed E-state index contributed by atoms with van der Waals surface area (Å²) in [5.41, 5.74) is 5.74. The van der Waals surface area contributed by atoms with Gasteiger partial charge in [0, 0.05) is 0 Å². The van der Waals surface area contributed by atoms with Gasteiger partial charge in [0.15, 0.2) is 11.6 Å². The minimum absolute atomic E-state index is 0.136. The van der Waals surface area contributed by atoms with E-state index >= 15 is 0 Å². The van der Waals surface area contributed by atoms with Gasteiger partial charge in [0.2, 0.25) is 0 Å². The second kappa shape index (κ2) is 7.42. The number of halogens is 1. The number of hydrogen-bond acceptors (Lipinski definition) is 3. The Morgan fingerprint density at radius 3 is 2.74 bits per heavy atom. The number of para-hydroxylation sites is 1. The lowest BCUT2D eigenvalue weighted by Crippen LogP contribution is -2.38. The molecule has 3 N–H and O–H groups in total. The van der Waals surface area contributed by atoms with Crippen LogP contribution in [0, 0.1) is 5.82 Å². The van der Waals surface area contributed by atoms with Gasteiger partial charge in [-0.05, 0) is 36.8 Å². The van der Waals surface area contributed by atoms with Gasteiger partial charge in [0.25, 0.3) is 0 Å². The molecule has 1 atom stereocenters. The molecule has 2 amide bonds. The Bertz CT molecular complexity index is 718. The van der Waals surface area contributed by atoms with Crippen LogP contribution in [0.5, 0.6) is 11.5 Å². The number of urea groups is 1. The summed E-state index contributed by atoms with van der Waals surface area (Å²) in [6.45, 7) is 1.61. The Hall–Kier alpha value is -2.86. The molecule has 23 heavy (non-hydrogen) atoms. The highest BCUT2D eigenvalue weighted by atomic mass is 19.1. The molecule has 0 aliphatic rings. The Morgan fingerprint density at radius 1 is 1.30 bits per heavy atom. The van der Waals surface area contributed by atoms with Crippen molar-refractivity contribution in [3.05, 3.63) is 66.0 Å². The van der Waals surface area contributed by atoms with Crippen LogP contribution in [0.3, 0.4) is 0 Å². The van der Waals surface area contributed by atoms with Crippen LogP contribution in [-0.2, 0) is 0 Å². The Morgan fingerprint density at radius 2 is 2.04 bits per heavy atom. The average molecular weight is 316 g/mol. The van der Waals surface area contributed by atoms with Crippen LogP contribution >= 0.6 is 0 Å². The molecule has 0 heterocycles. The average Bonchev–Trinajstić information content (AvgIpc) is 2.54. The lowest BCUT2D eigenvalue weighted by molar-refractivity contribution is -0.0560. The van der Waals surface area contributed by atoms with Crippen LogP contribution < -0.4 is 10.5 Å². The van der Waals surface area contributed by atoms with E-state index in [0.29, 0.717) is 10.8 Å². The van der Waals surface area contributed by atoms with E-state index in [2.05, 4.69) is 0 Å². The van der Waals surface area contributed by atoms with E-state index in [4.69, 9.17) is 10.5 Å². The first kappa shape index (κ1) is 16.5. The molecule has 2 rings (SSSR count). The second-order valence-electron chi connectivity index (χ2n) is 4.89. The molecule has 120 valence electrons. The first-order valence-corrected chi connectivity index (χ1v) is 6.95. The maximum atomic E-state index is 13.6. The normalized spacial score (nSPS) is 12.1. The summed E-state index contributed by atoms with van der Waals surface area (Å²) in [5.74, 6) is 0.164. The Labute approximate surface area is 133 Å². The van der Waals surface area contributed by atoms with E-state index in [-0.39, 0.29) is 5.75 Å². The van der Waals surface area contributed by atoms with Crippen LogP contribution in [-0.4, -0.2) is 22.3 Å². The highest BCUT2D eigenvalue weighted by Gasteiger charge is 2.11. The minimum Gasteiger partial charge on any atom is -0.454 e. The Kier molecular flexibility index (Phi) is 5.32. The SMILES string of the molecule is CC(/C=C/c1cccc(Oc2ccccc2F)c1)N(O)C(N)=O. The standard InChI is InChI=1S/C17H17FN2O3/c1-12(20(22)17(19)21)9-10-13-5-4-6-14(11-13)23-16-8-3-2-7-15(16)18/h2-12,22H,1H3,(H2,19,21)/b10-9+. The third-order valence-electron chi connectivity index (χ3n) is 3.10. The van der Waals surface area contributed by atoms with Crippen molar-refractivity contribution >= 4 is 12.1 Å². The number of carbonyl (C=O) groups excluding carboxylic acids is 1. The second-order valence-corrected chi connectivity index (χ2v) is 4.89. The summed E-state index contributed by atoms with van der Waals surface area (Å²) >= 11 is 0. The molecule has 0 saturated heterocycles. The molecule has 0 saturated carbocycles. The molecule has 0 spiro atoms. The summed E-state index contributed by atoms with van der Waals surface area (Å²) in [4.78, 5) is 10.9. The molecule has 2 aromatic rings. The van der Waals surface area contributed by atoms with Gasteiger partial charge in [-0.2, -0.15) is 5.06 Å². The first-order chi connectivity index (χ1) is 11.0. The molecule has 0 aliphatic heterocycles. The maximum absolute atomic E-state index is 13.6. The summed E-state index contributed by atoms with van der Waals surface area (Å²) in [6, 6.07) is 11.6. The van der Waals surface area contributed by atoms with Crippen molar-refractivity contribution < 1.29 is 19.1 Å². The van der Waals surface area contributed by atoms with Crippen molar-refractivity contribution in [2.75, 3.05) is 0 Å². The summed E-state index contributed by atoms with van der Waals surface area (Å²) in [5, 5.41) is 9.82. The molecule has 0 radical (unpaired) electrons.